The van der Waals surface area contributed by atoms with Gasteiger partial charge in [0.25, 0.3) is 11.8 Å². The Bertz CT molecular complexity index is 781. The molecule has 1 aromatic carbocycles. The van der Waals surface area contributed by atoms with Crippen molar-refractivity contribution in [1.82, 2.24) is 9.88 Å². The molecule has 1 saturated heterocycles. The molecule has 0 bridgehead atoms. The Kier molecular flexibility index (Phi) is 4.66. The molecule has 1 aliphatic heterocycles. The summed E-state index contributed by atoms with van der Waals surface area (Å²) in [6, 6.07) is 10.4. The summed E-state index contributed by atoms with van der Waals surface area (Å²) in [5.41, 5.74) is 5.48. The molecule has 1 atom stereocenters. The van der Waals surface area contributed by atoms with Crippen LogP contribution in [0, 0.1) is 0 Å². The predicted molar refractivity (Wildman–Crippen MR) is 89.1 cm³/mol. The van der Waals surface area contributed by atoms with E-state index in [1.54, 1.807) is 29.2 Å². The fraction of sp³-hybridized carbons (Fsp3) is 0.235. The number of hydrogen-bond donors (Lipinski definition) is 1. The second-order valence-corrected chi connectivity index (χ2v) is 5.88. The number of carbonyl (C=O) groups is 2. The maximum atomic E-state index is 12.6. The van der Waals surface area contributed by atoms with Gasteiger partial charge in [-0.1, -0.05) is 23.7 Å². The molecule has 2 amide bonds. The number of benzene rings is 1. The monoisotopic (exact) mass is 345 g/mol. The molecule has 2 N–H and O–H groups in total. The second-order valence-electron chi connectivity index (χ2n) is 5.47. The molecular weight excluding hydrogens is 330 g/mol. The van der Waals surface area contributed by atoms with Gasteiger partial charge in [0.15, 0.2) is 0 Å². The number of carbonyl (C=O) groups excluding carboxylic acids is 2. The fourth-order valence-corrected chi connectivity index (χ4v) is 2.85. The Morgan fingerprint density at radius 3 is 2.79 bits per heavy atom. The van der Waals surface area contributed by atoms with Crippen LogP contribution in [0.25, 0.3) is 0 Å². The van der Waals surface area contributed by atoms with Gasteiger partial charge >= 0.3 is 0 Å². The molecule has 1 unspecified atom stereocenters. The van der Waals surface area contributed by atoms with Crippen LogP contribution in [-0.2, 0) is 0 Å². The molecule has 0 spiro atoms. The van der Waals surface area contributed by atoms with E-state index in [-0.39, 0.29) is 23.3 Å². The number of aromatic nitrogens is 1. The zero-order chi connectivity index (χ0) is 17.1. The third kappa shape index (κ3) is 3.33. The van der Waals surface area contributed by atoms with Gasteiger partial charge in [0.2, 0.25) is 0 Å². The lowest BCUT2D eigenvalue weighted by Crippen LogP contribution is -2.33. The first-order valence-corrected chi connectivity index (χ1v) is 7.89. The van der Waals surface area contributed by atoms with Crippen LogP contribution < -0.4 is 10.5 Å². The van der Waals surface area contributed by atoms with Crippen LogP contribution in [0.4, 0.5) is 0 Å². The molecule has 6 nitrogen and oxygen atoms in total. The minimum Gasteiger partial charge on any atom is -0.487 e. The Hall–Kier alpha value is -2.60. The standard InChI is InChI=1S/C17H16ClN3O3/c18-13-5-1-2-6-14(13)24-11-7-9-21(10-11)17(23)12-4-3-8-20-15(12)16(19)22/h1-6,8,11H,7,9-10H2,(H2,19,22). The number of hydrogen-bond acceptors (Lipinski definition) is 4. The Morgan fingerprint density at radius 2 is 2.04 bits per heavy atom. The summed E-state index contributed by atoms with van der Waals surface area (Å²) in [6.45, 7) is 0.943. The lowest BCUT2D eigenvalue weighted by Gasteiger charge is -2.18. The average Bonchev–Trinajstić information content (AvgIpc) is 3.05. The van der Waals surface area contributed by atoms with Crippen LogP contribution in [0.2, 0.25) is 5.02 Å². The van der Waals surface area contributed by atoms with Crippen molar-refractivity contribution in [2.75, 3.05) is 13.1 Å². The van der Waals surface area contributed by atoms with E-state index in [9.17, 15) is 9.59 Å². The largest absolute Gasteiger partial charge is 0.487 e. The van der Waals surface area contributed by atoms with Crippen LogP contribution in [0.5, 0.6) is 5.75 Å². The first-order chi connectivity index (χ1) is 11.6. The van der Waals surface area contributed by atoms with Crippen molar-refractivity contribution < 1.29 is 14.3 Å². The topological polar surface area (TPSA) is 85.5 Å². The molecule has 0 aliphatic carbocycles. The number of ether oxygens (including phenoxy) is 1. The van der Waals surface area contributed by atoms with Gasteiger partial charge in [-0.05, 0) is 24.3 Å². The van der Waals surface area contributed by atoms with E-state index in [0.717, 1.165) is 0 Å². The number of pyridine rings is 1. The van der Waals surface area contributed by atoms with Crippen LogP contribution in [-0.4, -0.2) is 40.9 Å². The molecule has 124 valence electrons. The van der Waals surface area contributed by atoms with Crippen molar-refractivity contribution in [2.45, 2.75) is 12.5 Å². The van der Waals surface area contributed by atoms with Gasteiger partial charge in [-0.2, -0.15) is 0 Å². The zero-order valence-corrected chi connectivity index (χ0v) is 13.6. The normalized spacial score (nSPS) is 16.9. The van der Waals surface area contributed by atoms with Gasteiger partial charge < -0.3 is 15.4 Å². The van der Waals surface area contributed by atoms with Crippen molar-refractivity contribution in [3.63, 3.8) is 0 Å². The zero-order valence-electron chi connectivity index (χ0n) is 12.8. The van der Waals surface area contributed by atoms with Crippen molar-refractivity contribution in [2.24, 2.45) is 5.73 Å². The molecule has 1 fully saturated rings. The van der Waals surface area contributed by atoms with Gasteiger partial charge in [-0.15, -0.1) is 0 Å². The van der Waals surface area contributed by atoms with Crippen LogP contribution in [0.3, 0.4) is 0 Å². The number of primary amides is 1. The molecule has 0 radical (unpaired) electrons. The highest BCUT2D eigenvalue weighted by atomic mass is 35.5. The molecule has 0 saturated carbocycles. The molecular formula is C17H16ClN3O3. The maximum absolute atomic E-state index is 12.6. The van der Waals surface area contributed by atoms with Crippen LogP contribution in [0.1, 0.15) is 27.3 Å². The molecule has 3 rings (SSSR count). The summed E-state index contributed by atoms with van der Waals surface area (Å²) >= 11 is 6.09. The first kappa shape index (κ1) is 16.3. The number of nitrogens with zero attached hydrogens (tertiary/aromatic N) is 2. The molecule has 2 heterocycles. The first-order valence-electron chi connectivity index (χ1n) is 7.51. The Labute approximate surface area is 144 Å². The van der Waals surface area contributed by atoms with E-state index in [0.29, 0.717) is 30.3 Å². The fourth-order valence-electron chi connectivity index (χ4n) is 2.67. The summed E-state index contributed by atoms with van der Waals surface area (Å²) in [4.78, 5) is 29.6. The lowest BCUT2D eigenvalue weighted by molar-refractivity contribution is 0.0766. The van der Waals surface area contributed by atoms with Crippen molar-refractivity contribution >= 4 is 23.4 Å². The SMILES string of the molecule is NC(=O)c1ncccc1C(=O)N1CCC(Oc2ccccc2Cl)C1. The summed E-state index contributed by atoms with van der Waals surface area (Å²) in [7, 11) is 0. The predicted octanol–water partition coefficient (Wildman–Crippen LogP) is 2.13. The second kappa shape index (κ2) is 6.88. The van der Waals surface area contributed by atoms with E-state index in [2.05, 4.69) is 4.98 Å². The van der Waals surface area contributed by atoms with Gasteiger partial charge in [0.05, 0.1) is 17.1 Å². The molecule has 1 aliphatic rings. The number of amides is 2. The number of likely N-dealkylation sites (tertiary alicyclic amines) is 1. The summed E-state index contributed by atoms with van der Waals surface area (Å²) in [5.74, 6) is -0.401. The summed E-state index contributed by atoms with van der Waals surface area (Å²) in [5, 5.41) is 0.533. The molecule has 24 heavy (non-hydrogen) atoms. The van der Waals surface area contributed by atoms with E-state index < -0.39 is 5.91 Å². The van der Waals surface area contributed by atoms with E-state index in [1.807, 2.05) is 12.1 Å². The highest BCUT2D eigenvalue weighted by Gasteiger charge is 2.30. The Balaban J connectivity index is 1.71. The lowest BCUT2D eigenvalue weighted by atomic mass is 10.1. The van der Waals surface area contributed by atoms with Gasteiger partial charge in [0, 0.05) is 19.2 Å². The highest BCUT2D eigenvalue weighted by Crippen LogP contribution is 2.27. The van der Waals surface area contributed by atoms with Gasteiger partial charge in [-0.25, -0.2) is 0 Å². The summed E-state index contributed by atoms with van der Waals surface area (Å²) in [6.07, 6.45) is 1.97. The number of rotatable bonds is 4. The molecule has 1 aromatic heterocycles. The van der Waals surface area contributed by atoms with Gasteiger partial charge in [0.1, 0.15) is 17.5 Å². The third-order valence-electron chi connectivity index (χ3n) is 3.83. The van der Waals surface area contributed by atoms with Gasteiger partial charge in [-0.3, -0.25) is 14.6 Å². The quantitative estimate of drug-likeness (QED) is 0.919. The van der Waals surface area contributed by atoms with E-state index in [1.165, 1.54) is 6.20 Å². The summed E-state index contributed by atoms with van der Waals surface area (Å²) < 4.78 is 5.87. The van der Waals surface area contributed by atoms with Crippen molar-refractivity contribution in [1.29, 1.82) is 0 Å². The highest BCUT2D eigenvalue weighted by molar-refractivity contribution is 6.32. The van der Waals surface area contributed by atoms with E-state index in [4.69, 9.17) is 22.1 Å². The number of para-hydroxylation sites is 1. The van der Waals surface area contributed by atoms with E-state index >= 15 is 0 Å². The Morgan fingerprint density at radius 1 is 1.25 bits per heavy atom. The van der Waals surface area contributed by atoms with Crippen LogP contribution in [0.15, 0.2) is 42.6 Å². The van der Waals surface area contributed by atoms with Crippen molar-refractivity contribution in [3.05, 3.63) is 58.9 Å². The number of nitrogens with two attached hydrogens (primary N) is 1. The molecule has 7 heteroatoms. The third-order valence-corrected chi connectivity index (χ3v) is 4.15. The van der Waals surface area contributed by atoms with Crippen LogP contribution >= 0.6 is 11.6 Å². The molecule has 2 aromatic rings. The maximum Gasteiger partial charge on any atom is 0.268 e. The minimum atomic E-state index is -0.720. The smallest absolute Gasteiger partial charge is 0.268 e. The van der Waals surface area contributed by atoms with Crippen molar-refractivity contribution in [3.8, 4) is 5.75 Å². The number of halogens is 1. The average molecular weight is 346 g/mol. The minimum absolute atomic E-state index is 0.0158.